The summed E-state index contributed by atoms with van der Waals surface area (Å²) in [7, 11) is 2.08. The predicted octanol–water partition coefficient (Wildman–Crippen LogP) is 1.69. The average Bonchev–Trinajstić information content (AvgIpc) is 3.07. The molecule has 116 valence electrons. The highest BCUT2D eigenvalue weighted by atomic mass is 16.2. The molecule has 2 heterocycles. The van der Waals surface area contributed by atoms with Gasteiger partial charge in [0.2, 0.25) is 0 Å². The fraction of sp³-hybridized carbons (Fsp3) is 0.389. The van der Waals surface area contributed by atoms with Crippen LogP contribution in [0.1, 0.15) is 30.1 Å². The first-order chi connectivity index (χ1) is 10.6. The highest BCUT2D eigenvalue weighted by Gasteiger charge is 2.32. The van der Waals surface area contributed by atoms with E-state index in [0.717, 1.165) is 24.2 Å². The van der Waals surface area contributed by atoms with Crippen molar-refractivity contribution in [2.75, 3.05) is 18.4 Å². The predicted molar refractivity (Wildman–Crippen MR) is 87.9 cm³/mol. The van der Waals surface area contributed by atoms with Crippen molar-refractivity contribution in [1.82, 2.24) is 4.57 Å². The molecule has 22 heavy (non-hydrogen) atoms. The molecule has 1 unspecified atom stereocenters. The summed E-state index contributed by atoms with van der Waals surface area (Å²) in [6, 6.07) is 12.6. The van der Waals surface area contributed by atoms with Crippen molar-refractivity contribution in [2.24, 2.45) is 7.05 Å². The third-order valence-electron chi connectivity index (χ3n) is 4.51. The van der Waals surface area contributed by atoms with E-state index in [1.165, 1.54) is 17.0 Å². The quantitative estimate of drug-likeness (QED) is 0.886. The first-order valence-corrected chi connectivity index (χ1v) is 7.96. The average molecular weight is 298 g/mol. The van der Waals surface area contributed by atoms with Crippen molar-refractivity contribution in [3.63, 3.8) is 0 Å². The Morgan fingerprint density at radius 3 is 2.95 bits per heavy atom. The van der Waals surface area contributed by atoms with Gasteiger partial charge in [0.05, 0.1) is 12.2 Å². The van der Waals surface area contributed by atoms with E-state index in [0.29, 0.717) is 12.6 Å². The Kier molecular flexibility index (Phi) is 4.29. The van der Waals surface area contributed by atoms with Crippen molar-refractivity contribution in [3.8, 4) is 0 Å². The fourth-order valence-electron chi connectivity index (χ4n) is 3.45. The van der Waals surface area contributed by atoms with Gasteiger partial charge in [-0.05, 0) is 36.8 Å². The maximum absolute atomic E-state index is 12.3. The van der Waals surface area contributed by atoms with Gasteiger partial charge in [0.1, 0.15) is 6.04 Å². The standard InChI is InChI=1S/C18H23N3O/c1-14-6-3-7-15(12-14)19-18(22)13-21-11-5-9-17(21)16-8-4-10-20(16)2/h3-4,6-8,10,12,17H,5,9,11,13H2,1-2H3,(H,19,22)/p+1/t17-/m1/s1. The molecule has 1 amide bonds. The van der Waals surface area contributed by atoms with Gasteiger partial charge < -0.3 is 14.8 Å². The second-order valence-electron chi connectivity index (χ2n) is 6.24. The van der Waals surface area contributed by atoms with Crippen molar-refractivity contribution in [2.45, 2.75) is 25.8 Å². The highest BCUT2D eigenvalue weighted by molar-refractivity contribution is 5.91. The molecule has 0 aliphatic carbocycles. The summed E-state index contributed by atoms with van der Waals surface area (Å²) < 4.78 is 2.18. The Hall–Kier alpha value is -2.07. The number of aryl methyl sites for hydroxylation is 2. The molecule has 4 nitrogen and oxygen atoms in total. The normalized spacial score (nSPS) is 21.0. The number of rotatable bonds is 4. The van der Waals surface area contributed by atoms with Gasteiger partial charge in [0, 0.05) is 31.8 Å². The lowest BCUT2D eigenvalue weighted by molar-refractivity contribution is -0.910. The van der Waals surface area contributed by atoms with Crippen LogP contribution in [0.2, 0.25) is 0 Å². The molecule has 0 spiro atoms. The molecule has 1 fully saturated rings. The second-order valence-corrected chi connectivity index (χ2v) is 6.24. The highest BCUT2D eigenvalue weighted by Crippen LogP contribution is 2.19. The summed E-state index contributed by atoms with van der Waals surface area (Å²) in [6.07, 6.45) is 4.42. The zero-order valence-corrected chi connectivity index (χ0v) is 13.3. The fourth-order valence-corrected chi connectivity index (χ4v) is 3.45. The number of carbonyl (C=O) groups is 1. The lowest BCUT2D eigenvalue weighted by Crippen LogP contribution is -3.11. The minimum Gasteiger partial charge on any atom is -0.350 e. The number of nitrogens with one attached hydrogen (secondary N) is 2. The number of likely N-dealkylation sites (tertiary alicyclic amines) is 1. The third kappa shape index (κ3) is 3.22. The molecule has 1 saturated heterocycles. The van der Waals surface area contributed by atoms with Crippen LogP contribution in [0, 0.1) is 6.92 Å². The Bertz CT molecular complexity index is 662. The molecular formula is C18H24N3O+. The molecule has 1 aromatic heterocycles. The lowest BCUT2D eigenvalue weighted by atomic mass is 10.1. The molecule has 0 radical (unpaired) electrons. The molecule has 2 atom stereocenters. The number of carbonyl (C=O) groups excluding carboxylic acids is 1. The van der Waals surface area contributed by atoms with Gasteiger partial charge in [-0.3, -0.25) is 4.79 Å². The van der Waals surface area contributed by atoms with Crippen LogP contribution >= 0.6 is 0 Å². The number of benzene rings is 1. The summed E-state index contributed by atoms with van der Waals surface area (Å²) in [5.41, 5.74) is 3.38. The zero-order chi connectivity index (χ0) is 15.5. The van der Waals surface area contributed by atoms with Crippen LogP contribution in [0.25, 0.3) is 0 Å². The smallest absolute Gasteiger partial charge is 0.279 e. The summed E-state index contributed by atoms with van der Waals surface area (Å²) in [6.45, 7) is 3.63. The van der Waals surface area contributed by atoms with Gasteiger partial charge in [-0.1, -0.05) is 12.1 Å². The largest absolute Gasteiger partial charge is 0.350 e. The van der Waals surface area contributed by atoms with Gasteiger partial charge in [0.15, 0.2) is 6.54 Å². The number of quaternary nitrogens is 1. The maximum atomic E-state index is 12.3. The molecule has 1 aromatic carbocycles. The summed E-state index contributed by atoms with van der Waals surface area (Å²) in [5.74, 6) is 0.0988. The van der Waals surface area contributed by atoms with Gasteiger partial charge >= 0.3 is 0 Å². The van der Waals surface area contributed by atoms with Crippen LogP contribution in [0.15, 0.2) is 42.6 Å². The van der Waals surface area contributed by atoms with Gasteiger partial charge in [-0.25, -0.2) is 0 Å². The molecule has 0 saturated carbocycles. The van der Waals surface area contributed by atoms with Gasteiger partial charge in [-0.2, -0.15) is 0 Å². The molecule has 3 rings (SSSR count). The first-order valence-electron chi connectivity index (χ1n) is 7.96. The molecule has 0 bridgehead atoms. The molecule has 2 aromatic rings. The van der Waals surface area contributed by atoms with Crippen LogP contribution in [-0.2, 0) is 11.8 Å². The number of anilines is 1. The van der Waals surface area contributed by atoms with Crippen LogP contribution in [0.3, 0.4) is 0 Å². The minimum atomic E-state index is 0.0988. The van der Waals surface area contributed by atoms with E-state index in [1.807, 2.05) is 31.2 Å². The molecule has 4 heteroatoms. The van der Waals surface area contributed by atoms with E-state index >= 15 is 0 Å². The first kappa shape index (κ1) is 14.9. The number of amides is 1. The van der Waals surface area contributed by atoms with Crippen LogP contribution in [0.4, 0.5) is 5.69 Å². The summed E-state index contributed by atoms with van der Waals surface area (Å²) in [4.78, 5) is 13.7. The van der Waals surface area contributed by atoms with E-state index < -0.39 is 0 Å². The monoisotopic (exact) mass is 298 g/mol. The van der Waals surface area contributed by atoms with Gasteiger partial charge in [0.25, 0.3) is 5.91 Å². The van der Waals surface area contributed by atoms with Crippen molar-refractivity contribution >= 4 is 11.6 Å². The lowest BCUT2D eigenvalue weighted by Gasteiger charge is -2.21. The van der Waals surface area contributed by atoms with Crippen molar-refractivity contribution < 1.29 is 9.69 Å². The molecule has 1 aliphatic heterocycles. The van der Waals surface area contributed by atoms with Crippen molar-refractivity contribution in [3.05, 3.63) is 53.9 Å². The maximum Gasteiger partial charge on any atom is 0.279 e. The second kappa shape index (κ2) is 6.36. The number of nitrogens with zero attached hydrogens (tertiary/aromatic N) is 1. The Morgan fingerprint density at radius 1 is 1.36 bits per heavy atom. The Balaban J connectivity index is 1.64. The molecule has 2 N–H and O–H groups in total. The topological polar surface area (TPSA) is 38.5 Å². The molecule has 1 aliphatic rings. The zero-order valence-electron chi connectivity index (χ0n) is 13.3. The minimum absolute atomic E-state index is 0.0988. The Morgan fingerprint density at radius 2 is 2.23 bits per heavy atom. The van der Waals surface area contributed by atoms with E-state index in [4.69, 9.17) is 0 Å². The third-order valence-corrected chi connectivity index (χ3v) is 4.51. The Labute approximate surface area is 131 Å². The van der Waals surface area contributed by atoms with Gasteiger partial charge in [-0.15, -0.1) is 0 Å². The summed E-state index contributed by atoms with van der Waals surface area (Å²) >= 11 is 0. The van der Waals surface area contributed by atoms with E-state index in [9.17, 15) is 4.79 Å². The summed E-state index contributed by atoms with van der Waals surface area (Å²) in [5, 5.41) is 3.02. The number of aromatic nitrogens is 1. The number of hydrogen-bond acceptors (Lipinski definition) is 1. The van der Waals surface area contributed by atoms with Crippen LogP contribution < -0.4 is 10.2 Å². The van der Waals surface area contributed by atoms with E-state index in [1.54, 1.807) is 0 Å². The number of hydrogen-bond donors (Lipinski definition) is 2. The molecular weight excluding hydrogens is 274 g/mol. The van der Waals surface area contributed by atoms with Crippen LogP contribution in [0.5, 0.6) is 0 Å². The van der Waals surface area contributed by atoms with E-state index in [2.05, 4.69) is 35.3 Å². The van der Waals surface area contributed by atoms with Crippen LogP contribution in [-0.4, -0.2) is 23.6 Å². The SMILES string of the molecule is Cc1cccc(NC(=O)C[NH+]2CCC[C@@H]2c2cccn2C)c1. The van der Waals surface area contributed by atoms with Crippen molar-refractivity contribution in [1.29, 1.82) is 0 Å². The van der Waals surface area contributed by atoms with E-state index in [-0.39, 0.29) is 5.91 Å².